The Morgan fingerprint density at radius 2 is 1.67 bits per heavy atom. The lowest BCUT2D eigenvalue weighted by Crippen LogP contribution is -2.32. The Morgan fingerprint density at radius 3 is 2.07 bits per heavy atom. The lowest BCUT2D eigenvalue weighted by atomic mass is 10.3. The van der Waals surface area contributed by atoms with E-state index in [1.807, 2.05) is 0 Å². The standard InChI is InChI=1S/C8H7Br2NO4/c9-5-6(10)8(15)11(7(5)14)3-1-2-4(12)13/h1-3H2,(H,12,13). The summed E-state index contributed by atoms with van der Waals surface area (Å²) in [5.74, 6) is -1.81. The molecule has 1 aliphatic heterocycles. The summed E-state index contributed by atoms with van der Waals surface area (Å²) in [5.41, 5.74) is 0. The van der Waals surface area contributed by atoms with Crippen LogP contribution in [-0.2, 0) is 14.4 Å². The number of nitrogens with zero attached hydrogens (tertiary/aromatic N) is 1. The number of carboxylic acid groups (broad SMARTS) is 1. The number of hydrogen-bond acceptors (Lipinski definition) is 3. The number of rotatable bonds is 4. The quantitative estimate of drug-likeness (QED) is 0.781. The first kappa shape index (κ1) is 12.4. The molecule has 0 saturated heterocycles. The van der Waals surface area contributed by atoms with Crippen molar-refractivity contribution in [3.8, 4) is 0 Å². The number of halogens is 2. The van der Waals surface area contributed by atoms with Crippen LogP contribution in [0.25, 0.3) is 0 Å². The van der Waals surface area contributed by atoms with E-state index in [0.717, 1.165) is 4.90 Å². The molecule has 0 radical (unpaired) electrons. The monoisotopic (exact) mass is 339 g/mol. The van der Waals surface area contributed by atoms with Gasteiger partial charge in [0.25, 0.3) is 11.8 Å². The topological polar surface area (TPSA) is 74.7 Å². The number of aliphatic carboxylic acids is 1. The lowest BCUT2D eigenvalue weighted by molar-refractivity contribution is -0.140. The van der Waals surface area contributed by atoms with E-state index in [1.165, 1.54) is 0 Å². The lowest BCUT2D eigenvalue weighted by Gasteiger charge is -2.12. The highest BCUT2D eigenvalue weighted by molar-refractivity contribution is 9.14. The smallest absolute Gasteiger partial charge is 0.303 e. The number of imide groups is 1. The minimum Gasteiger partial charge on any atom is -0.481 e. The van der Waals surface area contributed by atoms with Crippen LogP contribution >= 0.6 is 31.9 Å². The molecule has 7 heteroatoms. The van der Waals surface area contributed by atoms with Gasteiger partial charge in [0, 0.05) is 13.0 Å². The summed E-state index contributed by atoms with van der Waals surface area (Å²) in [6.07, 6.45) is 0.194. The van der Waals surface area contributed by atoms with Crippen molar-refractivity contribution in [3.05, 3.63) is 8.96 Å². The first-order valence-corrected chi connectivity index (χ1v) is 5.67. The fourth-order valence-electron chi connectivity index (χ4n) is 1.11. The van der Waals surface area contributed by atoms with Gasteiger partial charge < -0.3 is 5.11 Å². The van der Waals surface area contributed by atoms with E-state index in [1.54, 1.807) is 0 Å². The van der Waals surface area contributed by atoms with Crippen molar-refractivity contribution < 1.29 is 19.5 Å². The van der Waals surface area contributed by atoms with Crippen molar-refractivity contribution in [3.63, 3.8) is 0 Å². The van der Waals surface area contributed by atoms with E-state index in [9.17, 15) is 14.4 Å². The Labute approximate surface area is 102 Å². The Balaban J connectivity index is 2.56. The number of carbonyl (C=O) groups is 3. The summed E-state index contributed by atoms with van der Waals surface area (Å²) in [5, 5.41) is 8.41. The zero-order valence-electron chi connectivity index (χ0n) is 7.50. The Morgan fingerprint density at radius 1 is 1.20 bits per heavy atom. The van der Waals surface area contributed by atoms with E-state index in [-0.39, 0.29) is 28.4 Å². The maximum atomic E-state index is 11.4. The number of hydrogen-bond donors (Lipinski definition) is 1. The van der Waals surface area contributed by atoms with Gasteiger partial charge in [-0.2, -0.15) is 0 Å². The summed E-state index contributed by atoms with van der Waals surface area (Å²) in [7, 11) is 0. The molecule has 0 aromatic carbocycles. The maximum absolute atomic E-state index is 11.4. The van der Waals surface area contributed by atoms with Crippen LogP contribution in [0.3, 0.4) is 0 Å². The minimum absolute atomic E-state index is 0.0632. The molecule has 0 atom stereocenters. The molecule has 0 spiro atoms. The van der Waals surface area contributed by atoms with E-state index in [4.69, 9.17) is 5.11 Å². The molecule has 0 fully saturated rings. The third-order valence-electron chi connectivity index (χ3n) is 1.83. The highest BCUT2D eigenvalue weighted by atomic mass is 79.9. The van der Waals surface area contributed by atoms with Crippen LogP contribution in [0.1, 0.15) is 12.8 Å². The molecule has 1 aliphatic rings. The van der Waals surface area contributed by atoms with E-state index in [2.05, 4.69) is 31.9 Å². The molecule has 1 heterocycles. The first-order valence-electron chi connectivity index (χ1n) is 4.08. The van der Waals surface area contributed by atoms with Crippen molar-refractivity contribution >= 4 is 49.6 Å². The average molecular weight is 341 g/mol. The SMILES string of the molecule is O=C(O)CCCN1C(=O)C(Br)=C(Br)C1=O. The largest absolute Gasteiger partial charge is 0.481 e. The molecule has 0 aromatic heterocycles. The van der Waals surface area contributed by atoms with Gasteiger partial charge in [-0.15, -0.1) is 0 Å². The molecular formula is C8H7Br2NO4. The normalized spacial score (nSPS) is 16.5. The highest BCUT2D eigenvalue weighted by Gasteiger charge is 2.35. The number of carbonyl (C=O) groups excluding carboxylic acids is 2. The Hall–Kier alpha value is -0.690. The average Bonchev–Trinajstić information content (AvgIpc) is 2.34. The van der Waals surface area contributed by atoms with Crippen molar-refractivity contribution in [1.82, 2.24) is 4.90 Å². The molecule has 82 valence electrons. The fourth-order valence-corrected chi connectivity index (χ4v) is 1.88. The van der Waals surface area contributed by atoms with Crippen molar-refractivity contribution in [2.75, 3.05) is 6.54 Å². The van der Waals surface area contributed by atoms with Gasteiger partial charge >= 0.3 is 5.97 Å². The molecule has 0 aromatic rings. The van der Waals surface area contributed by atoms with Gasteiger partial charge in [0.15, 0.2) is 0 Å². The second-order valence-corrected chi connectivity index (χ2v) is 4.47. The van der Waals surface area contributed by atoms with Crippen LogP contribution in [0.4, 0.5) is 0 Å². The summed E-state index contributed by atoms with van der Waals surface area (Å²) < 4.78 is 0.366. The summed E-state index contributed by atoms with van der Waals surface area (Å²) >= 11 is 5.95. The molecule has 0 unspecified atom stereocenters. The van der Waals surface area contributed by atoms with Crippen LogP contribution in [0.15, 0.2) is 8.96 Å². The second kappa shape index (κ2) is 4.89. The molecule has 1 N–H and O–H groups in total. The first-order chi connectivity index (χ1) is 6.95. The Bertz CT molecular complexity index is 340. The second-order valence-electron chi connectivity index (χ2n) is 2.89. The summed E-state index contributed by atoms with van der Waals surface area (Å²) in [6, 6.07) is 0. The van der Waals surface area contributed by atoms with Gasteiger partial charge in [-0.3, -0.25) is 19.3 Å². The molecule has 0 bridgehead atoms. The predicted octanol–water partition coefficient (Wildman–Crippen LogP) is 1.22. The molecule has 1 rings (SSSR count). The van der Waals surface area contributed by atoms with Crippen LogP contribution in [0.2, 0.25) is 0 Å². The van der Waals surface area contributed by atoms with E-state index >= 15 is 0 Å². The zero-order valence-corrected chi connectivity index (χ0v) is 10.7. The molecule has 0 aliphatic carbocycles. The van der Waals surface area contributed by atoms with E-state index in [0.29, 0.717) is 0 Å². The third kappa shape index (κ3) is 2.66. The maximum Gasteiger partial charge on any atom is 0.303 e. The molecule has 2 amide bonds. The van der Waals surface area contributed by atoms with Gasteiger partial charge in [-0.25, -0.2) is 0 Å². The van der Waals surface area contributed by atoms with Crippen molar-refractivity contribution in [2.45, 2.75) is 12.8 Å². The Kier molecular flexibility index (Phi) is 4.04. The molecule has 0 saturated carbocycles. The van der Waals surface area contributed by atoms with Crippen molar-refractivity contribution in [1.29, 1.82) is 0 Å². The number of carboxylic acids is 1. The minimum atomic E-state index is -0.944. The van der Waals surface area contributed by atoms with Gasteiger partial charge in [-0.05, 0) is 38.3 Å². The van der Waals surface area contributed by atoms with Gasteiger partial charge in [0.2, 0.25) is 0 Å². The van der Waals surface area contributed by atoms with Crippen LogP contribution < -0.4 is 0 Å². The van der Waals surface area contributed by atoms with Gasteiger partial charge in [0.1, 0.15) is 8.96 Å². The van der Waals surface area contributed by atoms with Crippen LogP contribution in [0.5, 0.6) is 0 Å². The molecule has 5 nitrogen and oxygen atoms in total. The number of amides is 2. The predicted molar refractivity (Wildman–Crippen MR) is 58.5 cm³/mol. The van der Waals surface area contributed by atoms with Gasteiger partial charge in [-0.1, -0.05) is 0 Å². The van der Waals surface area contributed by atoms with E-state index < -0.39 is 17.8 Å². The zero-order chi connectivity index (χ0) is 11.6. The fraction of sp³-hybridized carbons (Fsp3) is 0.375. The molecular weight excluding hydrogens is 334 g/mol. The van der Waals surface area contributed by atoms with Crippen molar-refractivity contribution in [2.24, 2.45) is 0 Å². The van der Waals surface area contributed by atoms with Gasteiger partial charge in [0.05, 0.1) is 0 Å². The summed E-state index contributed by atoms with van der Waals surface area (Å²) in [4.78, 5) is 34.1. The van der Waals surface area contributed by atoms with Crippen LogP contribution in [0, 0.1) is 0 Å². The third-order valence-corrected chi connectivity index (χ3v) is 3.83. The molecule has 15 heavy (non-hydrogen) atoms. The summed E-state index contributed by atoms with van der Waals surface area (Å²) in [6.45, 7) is 0.119. The highest BCUT2D eigenvalue weighted by Crippen LogP contribution is 2.29. The van der Waals surface area contributed by atoms with Crippen LogP contribution in [-0.4, -0.2) is 34.3 Å².